The van der Waals surface area contributed by atoms with Gasteiger partial charge in [-0.25, -0.2) is 0 Å². The standard InChI is InChI=1S/C22H22N2O4/c1-14(2)28-18-7-4-6-16(13-18)21(25)23-17-9-10-19(15(3)12-17)24-22(26)20-8-5-11-27-20/h4-14H,1-3H3,(H,23,25)(H,24,26). The fourth-order valence-corrected chi connectivity index (χ4v) is 2.66. The molecule has 6 nitrogen and oxygen atoms in total. The smallest absolute Gasteiger partial charge is 0.291 e. The summed E-state index contributed by atoms with van der Waals surface area (Å²) >= 11 is 0. The Labute approximate surface area is 163 Å². The molecule has 0 aliphatic carbocycles. The summed E-state index contributed by atoms with van der Waals surface area (Å²) in [6, 6.07) is 15.6. The number of amides is 2. The Morgan fingerprint density at radius 3 is 2.46 bits per heavy atom. The summed E-state index contributed by atoms with van der Waals surface area (Å²) in [5, 5.41) is 5.65. The number of rotatable bonds is 6. The lowest BCUT2D eigenvalue weighted by Crippen LogP contribution is -2.14. The third kappa shape index (κ3) is 4.79. The summed E-state index contributed by atoms with van der Waals surface area (Å²) in [5.74, 6) is 0.322. The van der Waals surface area contributed by atoms with Crippen LogP contribution in [-0.4, -0.2) is 17.9 Å². The Morgan fingerprint density at radius 1 is 0.964 bits per heavy atom. The quantitative estimate of drug-likeness (QED) is 0.641. The summed E-state index contributed by atoms with van der Waals surface area (Å²) in [4.78, 5) is 24.6. The molecule has 1 aromatic heterocycles. The second kappa shape index (κ2) is 8.43. The number of benzene rings is 2. The minimum Gasteiger partial charge on any atom is -0.491 e. The fourth-order valence-electron chi connectivity index (χ4n) is 2.66. The molecule has 1 heterocycles. The van der Waals surface area contributed by atoms with Gasteiger partial charge in [-0.2, -0.15) is 0 Å². The SMILES string of the molecule is Cc1cc(NC(=O)c2cccc(OC(C)C)c2)ccc1NC(=O)c1ccco1. The molecule has 0 aliphatic heterocycles. The summed E-state index contributed by atoms with van der Waals surface area (Å²) < 4.78 is 10.7. The van der Waals surface area contributed by atoms with Crippen LogP contribution in [-0.2, 0) is 0 Å². The molecule has 144 valence electrons. The number of furan rings is 1. The lowest BCUT2D eigenvalue weighted by atomic mass is 10.1. The number of hydrogen-bond acceptors (Lipinski definition) is 4. The molecule has 0 unspecified atom stereocenters. The number of aryl methyl sites for hydroxylation is 1. The Morgan fingerprint density at radius 2 is 1.79 bits per heavy atom. The molecule has 3 rings (SSSR count). The van der Waals surface area contributed by atoms with Crippen molar-refractivity contribution in [3.63, 3.8) is 0 Å². The highest BCUT2D eigenvalue weighted by atomic mass is 16.5. The first-order valence-corrected chi connectivity index (χ1v) is 8.96. The van der Waals surface area contributed by atoms with E-state index in [-0.39, 0.29) is 23.7 Å². The van der Waals surface area contributed by atoms with Crippen molar-refractivity contribution in [3.8, 4) is 5.75 Å². The minimum absolute atomic E-state index is 0.0323. The number of ether oxygens (including phenoxy) is 1. The van der Waals surface area contributed by atoms with Gasteiger partial charge in [0.25, 0.3) is 11.8 Å². The van der Waals surface area contributed by atoms with Crippen molar-refractivity contribution in [1.29, 1.82) is 0 Å². The van der Waals surface area contributed by atoms with Gasteiger partial charge in [-0.05, 0) is 74.9 Å². The summed E-state index contributed by atoms with van der Waals surface area (Å²) in [5.41, 5.74) is 2.60. The molecule has 0 saturated heterocycles. The van der Waals surface area contributed by atoms with Crippen molar-refractivity contribution < 1.29 is 18.7 Å². The van der Waals surface area contributed by atoms with Crippen LogP contribution in [0.2, 0.25) is 0 Å². The molecule has 0 aliphatic rings. The van der Waals surface area contributed by atoms with Gasteiger partial charge < -0.3 is 19.8 Å². The van der Waals surface area contributed by atoms with Gasteiger partial charge in [-0.1, -0.05) is 6.07 Å². The van der Waals surface area contributed by atoms with Crippen molar-refractivity contribution in [2.24, 2.45) is 0 Å². The normalized spacial score (nSPS) is 10.6. The monoisotopic (exact) mass is 378 g/mol. The molecule has 0 atom stereocenters. The van der Waals surface area contributed by atoms with E-state index in [4.69, 9.17) is 9.15 Å². The second-order valence-corrected chi connectivity index (χ2v) is 6.61. The number of hydrogen-bond donors (Lipinski definition) is 2. The highest BCUT2D eigenvalue weighted by molar-refractivity contribution is 6.05. The summed E-state index contributed by atoms with van der Waals surface area (Å²) in [6.45, 7) is 5.72. The Bertz CT molecular complexity index is 978. The Balaban J connectivity index is 1.68. The molecule has 0 radical (unpaired) electrons. The molecular weight excluding hydrogens is 356 g/mol. The Kier molecular flexibility index (Phi) is 5.79. The highest BCUT2D eigenvalue weighted by Gasteiger charge is 2.12. The van der Waals surface area contributed by atoms with Crippen LogP contribution in [0.25, 0.3) is 0 Å². The molecule has 6 heteroatoms. The van der Waals surface area contributed by atoms with E-state index in [1.807, 2.05) is 26.8 Å². The van der Waals surface area contributed by atoms with E-state index in [2.05, 4.69) is 10.6 Å². The maximum absolute atomic E-state index is 12.5. The average molecular weight is 378 g/mol. The van der Waals surface area contributed by atoms with Crippen LogP contribution < -0.4 is 15.4 Å². The zero-order valence-electron chi connectivity index (χ0n) is 16.0. The molecule has 2 aromatic carbocycles. The van der Waals surface area contributed by atoms with Gasteiger partial charge in [0.15, 0.2) is 5.76 Å². The first-order valence-electron chi connectivity index (χ1n) is 8.96. The lowest BCUT2D eigenvalue weighted by molar-refractivity contribution is 0.0994. The first kappa shape index (κ1) is 19.2. The predicted octanol–water partition coefficient (Wildman–Crippen LogP) is 4.88. The van der Waals surface area contributed by atoms with E-state index in [0.29, 0.717) is 22.7 Å². The Hall–Kier alpha value is -3.54. The average Bonchev–Trinajstić information content (AvgIpc) is 3.18. The maximum Gasteiger partial charge on any atom is 0.291 e. The van der Waals surface area contributed by atoms with Crippen LogP contribution in [0.1, 0.15) is 40.3 Å². The van der Waals surface area contributed by atoms with Gasteiger partial charge >= 0.3 is 0 Å². The predicted molar refractivity (Wildman–Crippen MR) is 108 cm³/mol. The minimum atomic E-state index is -0.327. The van der Waals surface area contributed by atoms with Gasteiger partial charge in [-0.3, -0.25) is 9.59 Å². The summed E-state index contributed by atoms with van der Waals surface area (Å²) in [7, 11) is 0. The molecule has 0 bridgehead atoms. The largest absolute Gasteiger partial charge is 0.491 e. The van der Waals surface area contributed by atoms with Crippen molar-refractivity contribution in [3.05, 3.63) is 77.7 Å². The first-order chi connectivity index (χ1) is 13.4. The van der Waals surface area contributed by atoms with Crippen molar-refractivity contribution in [1.82, 2.24) is 0 Å². The van der Waals surface area contributed by atoms with Gasteiger partial charge in [0.2, 0.25) is 0 Å². The van der Waals surface area contributed by atoms with Crippen LogP contribution in [0, 0.1) is 6.92 Å². The fraction of sp³-hybridized carbons (Fsp3) is 0.182. The van der Waals surface area contributed by atoms with Crippen LogP contribution in [0.4, 0.5) is 11.4 Å². The van der Waals surface area contributed by atoms with E-state index in [0.717, 1.165) is 5.56 Å². The second-order valence-electron chi connectivity index (χ2n) is 6.61. The number of anilines is 2. The molecular formula is C22H22N2O4. The van der Waals surface area contributed by atoms with Crippen LogP contribution in [0.5, 0.6) is 5.75 Å². The molecule has 2 N–H and O–H groups in total. The van der Waals surface area contributed by atoms with Crippen LogP contribution in [0.3, 0.4) is 0 Å². The van der Waals surface area contributed by atoms with E-state index in [9.17, 15) is 9.59 Å². The molecule has 0 saturated carbocycles. The molecule has 2 amide bonds. The van der Waals surface area contributed by atoms with Crippen LogP contribution >= 0.6 is 0 Å². The van der Waals surface area contributed by atoms with Gasteiger partial charge in [0.05, 0.1) is 12.4 Å². The zero-order valence-corrected chi connectivity index (χ0v) is 16.0. The van der Waals surface area contributed by atoms with Crippen molar-refractivity contribution in [2.75, 3.05) is 10.6 Å². The molecule has 28 heavy (non-hydrogen) atoms. The van der Waals surface area contributed by atoms with E-state index < -0.39 is 0 Å². The van der Waals surface area contributed by atoms with Gasteiger partial charge in [-0.15, -0.1) is 0 Å². The van der Waals surface area contributed by atoms with Gasteiger partial charge in [0.1, 0.15) is 5.75 Å². The van der Waals surface area contributed by atoms with Crippen molar-refractivity contribution >= 4 is 23.2 Å². The van der Waals surface area contributed by atoms with Crippen LogP contribution in [0.15, 0.2) is 65.3 Å². The summed E-state index contributed by atoms with van der Waals surface area (Å²) in [6.07, 6.45) is 1.48. The van der Waals surface area contributed by atoms with E-state index in [1.54, 1.807) is 48.5 Å². The van der Waals surface area contributed by atoms with E-state index >= 15 is 0 Å². The molecule has 0 fully saturated rings. The van der Waals surface area contributed by atoms with Crippen molar-refractivity contribution in [2.45, 2.75) is 26.9 Å². The zero-order chi connectivity index (χ0) is 20.1. The number of nitrogens with one attached hydrogen (secondary N) is 2. The number of carbonyl (C=O) groups is 2. The molecule has 3 aromatic rings. The maximum atomic E-state index is 12.5. The highest BCUT2D eigenvalue weighted by Crippen LogP contribution is 2.22. The third-order valence-electron chi connectivity index (χ3n) is 3.95. The van der Waals surface area contributed by atoms with Gasteiger partial charge in [0, 0.05) is 16.9 Å². The van der Waals surface area contributed by atoms with E-state index in [1.165, 1.54) is 6.26 Å². The lowest BCUT2D eigenvalue weighted by Gasteiger charge is -2.12. The third-order valence-corrected chi connectivity index (χ3v) is 3.95. The number of carbonyl (C=O) groups excluding carboxylic acids is 2. The topological polar surface area (TPSA) is 80.6 Å². The molecule has 0 spiro atoms.